The van der Waals surface area contributed by atoms with Crippen LogP contribution in [0.5, 0.6) is 5.75 Å². The highest BCUT2D eigenvalue weighted by Crippen LogP contribution is 2.32. The monoisotopic (exact) mass is 256 g/mol. The lowest BCUT2D eigenvalue weighted by Crippen LogP contribution is -2.05. The van der Waals surface area contributed by atoms with Gasteiger partial charge in [-0.3, -0.25) is 4.98 Å². The zero-order valence-electron chi connectivity index (χ0n) is 11.5. The molecular formula is C16H20N2O. The van der Waals surface area contributed by atoms with Crippen molar-refractivity contribution < 1.29 is 4.74 Å². The predicted molar refractivity (Wildman–Crippen MR) is 78.3 cm³/mol. The van der Waals surface area contributed by atoms with Gasteiger partial charge in [0.2, 0.25) is 0 Å². The number of rotatable bonds is 5. The van der Waals surface area contributed by atoms with Crippen molar-refractivity contribution in [2.45, 2.75) is 19.3 Å². The van der Waals surface area contributed by atoms with E-state index in [4.69, 9.17) is 10.5 Å². The lowest BCUT2D eigenvalue weighted by Gasteiger charge is -2.14. The van der Waals surface area contributed by atoms with Gasteiger partial charge in [0.05, 0.1) is 12.8 Å². The van der Waals surface area contributed by atoms with Gasteiger partial charge in [0.25, 0.3) is 0 Å². The molecule has 2 rings (SSSR count). The van der Waals surface area contributed by atoms with E-state index >= 15 is 0 Å². The predicted octanol–water partition coefficient (Wildman–Crippen LogP) is 3.21. The van der Waals surface area contributed by atoms with Gasteiger partial charge in [0, 0.05) is 11.8 Å². The first-order valence-electron chi connectivity index (χ1n) is 6.55. The van der Waals surface area contributed by atoms with Crippen molar-refractivity contribution in [3.05, 3.63) is 48.2 Å². The lowest BCUT2D eigenvalue weighted by molar-refractivity contribution is 0.416. The Bertz CT molecular complexity index is 526. The van der Waals surface area contributed by atoms with E-state index in [1.807, 2.05) is 24.3 Å². The molecule has 19 heavy (non-hydrogen) atoms. The van der Waals surface area contributed by atoms with Gasteiger partial charge in [0.15, 0.2) is 0 Å². The second kappa shape index (κ2) is 6.34. The first-order chi connectivity index (χ1) is 9.26. The maximum Gasteiger partial charge on any atom is 0.128 e. The van der Waals surface area contributed by atoms with E-state index in [-0.39, 0.29) is 0 Å². The minimum Gasteiger partial charge on any atom is -0.496 e. The SMILES string of the molecule is COc1ccc(C(C)CCN)cc1-c1ccccn1. The molecule has 0 radical (unpaired) electrons. The van der Waals surface area contributed by atoms with Gasteiger partial charge in [-0.15, -0.1) is 0 Å². The topological polar surface area (TPSA) is 48.1 Å². The van der Waals surface area contributed by atoms with Gasteiger partial charge < -0.3 is 10.5 Å². The Morgan fingerprint density at radius 1 is 1.26 bits per heavy atom. The van der Waals surface area contributed by atoms with Crippen LogP contribution < -0.4 is 10.5 Å². The molecule has 0 aliphatic carbocycles. The first kappa shape index (κ1) is 13.6. The molecule has 1 aromatic heterocycles. The number of nitrogens with two attached hydrogens (primary N) is 1. The van der Waals surface area contributed by atoms with E-state index in [2.05, 4.69) is 24.0 Å². The largest absolute Gasteiger partial charge is 0.496 e. The normalized spacial score (nSPS) is 12.2. The van der Waals surface area contributed by atoms with Crippen LogP contribution in [0.1, 0.15) is 24.8 Å². The molecule has 0 saturated heterocycles. The lowest BCUT2D eigenvalue weighted by atomic mass is 9.95. The smallest absolute Gasteiger partial charge is 0.128 e. The summed E-state index contributed by atoms with van der Waals surface area (Å²) >= 11 is 0. The van der Waals surface area contributed by atoms with Crippen molar-refractivity contribution in [2.75, 3.05) is 13.7 Å². The molecule has 100 valence electrons. The van der Waals surface area contributed by atoms with Crippen molar-refractivity contribution in [2.24, 2.45) is 5.73 Å². The number of hydrogen-bond acceptors (Lipinski definition) is 3. The van der Waals surface area contributed by atoms with Gasteiger partial charge in [-0.1, -0.05) is 19.1 Å². The van der Waals surface area contributed by atoms with Crippen molar-refractivity contribution in [1.82, 2.24) is 4.98 Å². The van der Waals surface area contributed by atoms with Crippen LogP contribution in [-0.4, -0.2) is 18.6 Å². The number of nitrogens with zero attached hydrogens (tertiary/aromatic N) is 1. The fraction of sp³-hybridized carbons (Fsp3) is 0.312. The van der Waals surface area contributed by atoms with E-state index in [1.165, 1.54) is 5.56 Å². The maximum atomic E-state index is 5.63. The maximum absolute atomic E-state index is 5.63. The average molecular weight is 256 g/mol. The molecule has 0 aliphatic rings. The number of aromatic nitrogens is 1. The summed E-state index contributed by atoms with van der Waals surface area (Å²) in [7, 11) is 1.69. The number of pyridine rings is 1. The second-order valence-corrected chi connectivity index (χ2v) is 4.65. The Balaban J connectivity index is 2.43. The van der Waals surface area contributed by atoms with Crippen LogP contribution in [0.4, 0.5) is 0 Å². The van der Waals surface area contributed by atoms with Crippen molar-refractivity contribution in [3.8, 4) is 17.0 Å². The summed E-state index contributed by atoms with van der Waals surface area (Å²) < 4.78 is 5.43. The van der Waals surface area contributed by atoms with Crippen LogP contribution in [0.2, 0.25) is 0 Å². The average Bonchev–Trinajstić information content (AvgIpc) is 2.47. The molecule has 2 N–H and O–H groups in total. The molecule has 3 heteroatoms. The number of hydrogen-bond donors (Lipinski definition) is 1. The van der Waals surface area contributed by atoms with E-state index < -0.39 is 0 Å². The molecule has 0 bridgehead atoms. The highest BCUT2D eigenvalue weighted by molar-refractivity contribution is 5.68. The summed E-state index contributed by atoms with van der Waals surface area (Å²) in [6, 6.07) is 12.2. The first-order valence-corrected chi connectivity index (χ1v) is 6.55. The molecule has 0 amide bonds. The minimum atomic E-state index is 0.443. The quantitative estimate of drug-likeness (QED) is 0.893. The summed E-state index contributed by atoms with van der Waals surface area (Å²) in [4.78, 5) is 4.40. The van der Waals surface area contributed by atoms with Crippen LogP contribution in [0.15, 0.2) is 42.6 Å². The Labute approximate surface area is 114 Å². The second-order valence-electron chi connectivity index (χ2n) is 4.65. The molecule has 0 saturated carbocycles. The van der Waals surface area contributed by atoms with Gasteiger partial charge in [0.1, 0.15) is 5.75 Å². The van der Waals surface area contributed by atoms with E-state index in [0.29, 0.717) is 12.5 Å². The van der Waals surface area contributed by atoms with E-state index in [0.717, 1.165) is 23.4 Å². The summed E-state index contributed by atoms with van der Waals surface area (Å²) in [5.74, 6) is 1.29. The highest BCUT2D eigenvalue weighted by atomic mass is 16.5. The molecule has 1 atom stereocenters. The van der Waals surface area contributed by atoms with Gasteiger partial charge in [-0.2, -0.15) is 0 Å². The summed E-state index contributed by atoms with van der Waals surface area (Å²) in [5.41, 5.74) is 8.87. The number of benzene rings is 1. The zero-order chi connectivity index (χ0) is 13.7. The van der Waals surface area contributed by atoms with Crippen LogP contribution in [0.25, 0.3) is 11.3 Å². The van der Waals surface area contributed by atoms with Crippen LogP contribution >= 0.6 is 0 Å². The zero-order valence-corrected chi connectivity index (χ0v) is 11.5. The van der Waals surface area contributed by atoms with Crippen LogP contribution in [-0.2, 0) is 0 Å². The third-order valence-corrected chi connectivity index (χ3v) is 3.33. The van der Waals surface area contributed by atoms with E-state index in [1.54, 1.807) is 13.3 Å². The Morgan fingerprint density at radius 3 is 2.74 bits per heavy atom. The summed E-state index contributed by atoms with van der Waals surface area (Å²) in [6.07, 6.45) is 2.78. The fourth-order valence-electron chi connectivity index (χ4n) is 2.17. The fourth-order valence-corrected chi connectivity index (χ4v) is 2.17. The standard InChI is InChI=1S/C16H20N2O/c1-12(8-9-17)13-6-7-16(19-2)14(11-13)15-5-3-4-10-18-15/h3-7,10-12H,8-9,17H2,1-2H3. The summed E-state index contributed by atoms with van der Waals surface area (Å²) in [5, 5.41) is 0. The van der Waals surface area contributed by atoms with Gasteiger partial charge in [-0.05, 0) is 48.7 Å². The van der Waals surface area contributed by atoms with Gasteiger partial charge in [-0.25, -0.2) is 0 Å². The molecule has 1 heterocycles. The molecular weight excluding hydrogens is 236 g/mol. The number of methoxy groups -OCH3 is 1. The highest BCUT2D eigenvalue weighted by Gasteiger charge is 2.11. The Hall–Kier alpha value is -1.87. The third-order valence-electron chi connectivity index (χ3n) is 3.33. The summed E-state index contributed by atoms with van der Waals surface area (Å²) in [6.45, 7) is 2.89. The molecule has 0 aliphatic heterocycles. The van der Waals surface area contributed by atoms with Crippen LogP contribution in [0.3, 0.4) is 0 Å². The molecule has 1 aromatic carbocycles. The minimum absolute atomic E-state index is 0.443. The van der Waals surface area contributed by atoms with Gasteiger partial charge >= 0.3 is 0 Å². The van der Waals surface area contributed by atoms with Crippen molar-refractivity contribution >= 4 is 0 Å². The number of ether oxygens (including phenoxy) is 1. The van der Waals surface area contributed by atoms with Crippen LogP contribution in [0, 0.1) is 0 Å². The van der Waals surface area contributed by atoms with Crippen molar-refractivity contribution in [3.63, 3.8) is 0 Å². The molecule has 0 spiro atoms. The molecule has 2 aromatic rings. The van der Waals surface area contributed by atoms with Crippen molar-refractivity contribution in [1.29, 1.82) is 0 Å². The Kier molecular flexibility index (Phi) is 4.53. The molecule has 1 unspecified atom stereocenters. The molecule has 3 nitrogen and oxygen atoms in total. The molecule has 0 fully saturated rings. The van der Waals surface area contributed by atoms with E-state index in [9.17, 15) is 0 Å². The third kappa shape index (κ3) is 3.12. The Morgan fingerprint density at radius 2 is 2.11 bits per heavy atom.